The van der Waals surface area contributed by atoms with Crippen LogP contribution < -0.4 is 0 Å². The summed E-state index contributed by atoms with van der Waals surface area (Å²) in [6, 6.07) is 1.58. The minimum Gasteiger partial charge on any atom is -0.124 e. The van der Waals surface area contributed by atoms with Gasteiger partial charge in [-0.05, 0) is 5.54 Å². The fraction of sp³-hybridized carbons (Fsp3) is 0.800. The van der Waals surface area contributed by atoms with Crippen LogP contribution in [-0.2, 0) is 0 Å². The standard InChI is InChI=1S/C8H18Si.C2H2/c1-8-6-4-5-7-9(8,2)3;1-2/h8H,4-7H2,1-3H3;1-2H. The van der Waals surface area contributed by atoms with Crippen LogP contribution in [0.2, 0.25) is 24.7 Å². The van der Waals surface area contributed by atoms with Crippen molar-refractivity contribution < 1.29 is 0 Å². The third-order valence-electron chi connectivity index (χ3n) is 3.04. The van der Waals surface area contributed by atoms with Crippen molar-refractivity contribution in [2.24, 2.45) is 0 Å². The lowest BCUT2D eigenvalue weighted by Crippen LogP contribution is -2.33. The normalized spacial score (nSPS) is 28.3. The maximum atomic E-state index is 4.00. The van der Waals surface area contributed by atoms with Crippen molar-refractivity contribution in [2.45, 2.75) is 50.9 Å². The van der Waals surface area contributed by atoms with Crippen molar-refractivity contribution in [2.75, 3.05) is 0 Å². The van der Waals surface area contributed by atoms with Crippen molar-refractivity contribution in [3.05, 3.63) is 0 Å². The monoisotopic (exact) mass is 168 g/mol. The average Bonchev–Trinajstić information content (AvgIpc) is 2.00. The number of hydrogen-bond acceptors (Lipinski definition) is 0. The summed E-state index contributed by atoms with van der Waals surface area (Å²) >= 11 is 0. The van der Waals surface area contributed by atoms with Crippen LogP contribution in [0.1, 0.15) is 26.2 Å². The van der Waals surface area contributed by atoms with E-state index in [-0.39, 0.29) is 0 Å². The molecule has 1 aliphatic heterocycles. The van der Waals surface area contributed by atoms with E-state index in [4.69, 9.17) is 0 Å². The summed E-state index contributed by atoms with van der Waals surface area (Å²) in [4.78, 5) is 0. The lowest BCUT2D eigenvalue weighted by molar-refractivity contribution is 0.635. The van der Waals surface area contributed by atoms with Gasteiger partial charge >= 0.3 is 0 Å². The molecule has 1 aliphatic rings. The summed E-state index contributed by atoms with van der Waals surface area (Å²) in [5.74, 6) is 0. The Morgan fingerprint density at radius 2 is 1.73 bits per heavy atom. The quantitative estimate of drug-likeness (QED) is 0.383. The van der Waals surface area contributed by atoms with Gasteiger partial charge < -0.3 is 0 Å². The first-order valence-corrected chi connectivity index (χ1v) is 7.75. The van der Waals surface area contributed by atoms with Crippen LogP contribution in [-0.4, -0.2) is 8.07 Å². The molecule has 0 aromatic heterocycles. The first-order chi connectivity index (χ1) is 5.13. The first kappa shape index (κ1) is 10.8. The van der Waals surface area contributed by atoms with E-state index in [1.54, 1.807) is 6.04 Å². The highest BCUT2D eigenvalue weighted by atomic mass is 28.3. The summed E-state index contributed by atoms with van der Waals surface area (Å²) < 4.78 is 0. The van der Waals surface area contributed by atoms with Gasteiger partial charge in [-0.15, -0.1) is 12.8 Å². The molecule has 0 amide bonds. The first-order valence-electron chi connectivity index (χ1n) is 4.46. The largest absolute Gasteiger partial charge is 0.124 e. The smallest absolute Gasteiger partial charge is 0.0502 e. The number of rotatable bonds is 0. The molecule has 64 valence electrons. The van der Waals surface area contributed by atoms with Gasteiger partial charge in [-0.3, -0.25) is 0 Å². The van der Waals surface area contributed by atoms with Gasteiger partial charge in [0.1, 0.15) is 0 Å². The minimum absolute atomic E-state index is 0.694. The second kappa shape index (κ2) is 4.61. The Morgan fingerprint density at radius 3 is 2.00 bits per heavy atom. The van der Waals surface area contributed by atoms with E-state index in [1.165, 1.54) is 19.3 Å². The Bertz CT molecular complexity index is 124. The van der Waals surface area contributed by atoms with Gasteiger partial charge in [-0.1, -0.05) is 45.3 Å². The third-order valence-corrected chi connectivity index (χ3v) is 7.64. The molecule has 0 aromatic rings. The van der Waals surface area contributed by atoms with Gasteiger partial charge in [-0.25, -0.2) is 0 Å². The van der Waals surface area contributed by atoms with Gasteiger partial charge in [0, 0.05) is 0 Å². The van der Waals surface area contributed by atoms with Crippen molar-refractivity contribution in [3.63, 3.8) is 0 Å². The minimum atomic E-state index is -0.694. The van der Waals surface area contributed by atoms with E-state index in [9.17, 15) is 0 Å². The van der Waals surface area contributed by atoms with Crippen LogP contribution in [0.3, 0.4) is 0 Å². The maximum Gasteiger partial charge on any atom is 0.0502 e. The van der Waals surface area contributed by atoms with Crippen LogP contribution >= 0.6 is 0 Å². The van der Waals surface area contributed by atoms with E-state index in [0.29, 0.717) is 0 Å². The Kier molecular flexibility index (Phi) is 4.52. The Labute approximate surface area is 72.4 Å². The summed E-state index contributed by atoms with van der Waals surface area (Å²) in [5, 5.41) is 0. The summed E-state index contributed by atoms with van der Waals surface area (Å²) in [6.45, 7) is 7.53. The molecule has 0 nitrogen and oxygen atoms in total. The maximum absolute atomic E-state index is 4.00. The fourth-order valence-corrected chi connectivity index (χ4v) is 4.31. The Morgan fingerprint density at radius 1 is 1.18 bits per heavy atom. The number of hydrogen-bond donors (Lipinski definition) is 0. The van der Waals surface area contributed by atoms with Crippen LogP contribution in [0.4, 0.5) is 0 Å². The molecule has 1 fully saturated rings. The van der Waals surface area contributed by atoms with Gasteiger partial charge in [0.25, 0.3) is 0 Å². The summed E-state index contributed by atoms with van der Waals surface area (Å²) in [5.41, 5.74) is 1.09. The van der Waals surface area contributed by atoms with Crippen LogP contribution in [0, 0.1) is 12.8 Å². The second-order valence-corrected chi connectivity index (χ2v) is 9.60. The zero-order chi connectivity index (χ0) is 8.91. The molecule has 1 saturated heterocycles. The van der Waals surface area contributed by atoms with Crippen LogP contribution in [0.5, 0.6) is 0 Å². The average molecular weight is 168 g/mol. The van der Waals surface area contributed by atoms with Crippen LogP contribution in [0.25, 0.3) is 0 Å². The fourth-order valence-electron chi connectivity index (χ4n) is 1.67. The topological polar surface area (TPSA) is 0 Å². The van der Waals surface area contributed by atoms with Gasteiger partial charge in [0.05, 0.1) is 8.07 Å². The second-order valence-electron chi connectivity index (χ2n) is 4.14. The molecule has 1 heteroatoms. The zero-order valence-electron chi connectivity index (χ0n) is 8.06. The molecule has 0 bridgehead atoms. The lowest BCUT2D eigenvalue weighted by atomic mass is 10.2. The van der Waals surface area contributed by atoms with Gasteiger partial charge in [-0.2, -0.15) is 0 Å². The highest BCUT2D eigenvalue weighted by molar-refractivity contribution is 6.78. The Balaban J connectivity index is 0.000000461. The summed E-state index contributed by atoms with van der Waals surface area (Å²) in [6.07, 6.45) is 12.5. The lowest BCUT2D eigenvalue weighted by Gasteiger charge is -2.34. The summed E-state index contributed by atoms with van der Waals surface area (Å²) in [7, 11) is -0.694. The molecule has 0 saturated carbocycles. The van der Waals surface area contributed by atoms with E-state index in [0.717, 1.165) is 5.54 Å². The molecule has 1 unspecified atom stereocenters. The van der Waals surface area contributed by atoms with Crippen LogP contribution in [0.15, 0.2) is 0 Å². The van der Waals surface area contributed by atoms with Crippen molar-refractivity contribution in [1.29, 1.82) is 0 Å². The molecule has 0 aromatic carbocycles. The third kappa shape index (κ3) is 3.12. The van der Waals surface area contributed by atoms with Crippen molar-refractivity contribution in [1.82, 2.24) is 0 Å². The van der Waals surface area contributed by atoms with E-state index in [1.807, 2.05) is 0 Å². The molecule has 0 N–H and O–H groups in total. The highest BCUT2D eigenvalue weighted by Gasteiger charge is 2.30. The van der Waals surface area contributed by atoms with E-state index < -0.39 is 8.07 Å². The Hall–Kier alpha value is -0.223. The molecule has 1 atom stereocenters. The molecule has 0 aliphatic carbocycles. The van der Waals surface area contributed by atoms with Gasteiger partial charge in [0.15, 0.2) is 0 Å². The highest BCUT2D eigenvalue weighted by Crippen LogP contribution is 2.36. The van der Waals surface area contributed by atoms with Crippen molar-refractivity contribution >= 4 is 8.07 Å². The molecule has 0 spiro atoms. The number of terminal acetylenes is 1. The van der Waals surface area contributed by atoms with E-state index >= 15 is 0 Å². The van der Waals surface area contributed by atoms with E-state index in [2.05, 4.69) is 32.9 Å². The SMILES string of the molecule is C#C.CC1CCCC[Si]1(C)C. The predicted molar refractivity (Wildman–Crippen MR) is 55.5 cm³/mol. The molecule has 1 rings (SSSR count). The van der Waals surface area contributed by atoms with Crippen molar-refractivity contribution in [3.8, 4) is 12.8 Å². The molecule has 1 heterocycles. The molecular weight excluding hydrogens is 148 g/mol. The molecule has 0 radical (unpaired) electrons. The molecule has 11 heavy (non-hydrogen) atoms. The molecular formula is C10H20Si. The predicted octanol–water partition coefficient (Wildman–Crippen LogP) is 3.52. The van der Waals surface area contributed by atoms with Gasteiger partial charge in [0.2, 0.25) is 0 Å². The zero-order valence-corrected chi connectivity index (χ0v) is 9.06.